The van der Waals surface area contributed by atoms with Crippen LogP contribution in [0.2, 0.25) is 0 Å². The Morgan fingerprint density at radius 2 is 1.59 bits per heavy atom. The Morgan fingerprint density at radius 3 is 2.20 bits per heavy atom. The SMILES string of the molecule is CCC(C(=O)NC1CCCC1)N(Cc1cccc(C)c1)C(=O)CN(c1cccc(C(F)(F)F)c1)S(=O)(=O)c1ccc(C)cc1. The Bertz CT molecular complexity index is 1570. The number of aryl methyl sites for hydroxylation is 2. The molecule has 3 aromatic carbocycles. The maximum atomic E-state index is 14.2. The number of alkyl halides is 3. The van der Waals surface area contributed by atoms with Crippen molar-refractivity contribution in [2.45, 2.75) is 82.6 Å². The zero-order valence-corrected chi connectivity index (χ0v) is 25.9. The lowest BCUT2D eigenvalue weighted by Crippen LogP contribution is -2.53. The largest absolute Gasteiger partial charge is 0.416 e. The quantitative estimate of drug-likeness (QED) is 0.267. The molecule has 3 aromatic rings. The van der Waals surface area contributed by atoms with Gasteiger partial charge in [-0.2, -0.15) is 13.2 Å². The van der Waals surface area contributed by atoms with Crippen molar-refractivity contribution >= 4 is 27.5 Å². The molecule has 1 aliphatic rings. The average molecular weight is 630 g/mol. The smallest absolute Gasteiger partial charge is 0.352 e. The van der Waals surface area contributed by atoms with E-state index in [9.17, 15) is 31.2 Å². The van der Waals surface area contributed by atoms with E-state index in [0.717, 1.165) is 54.5 Å². The molecule has 0 heterocycles. The molecule has 2 amide bonds. The number of hydrogen-bond acceptors (Lipinski definition) is 4. The molecule has 11 heteroatoms. The van der Waals surface area contributed by atoms with Gasteiger partial charge in [-0.05, 0) is 69.0 Å². The number of anilines is 1. The Balaban J connectivity index is 1.76. The predicted molar refractivity (Wildman–Crippen MR) is 163 cm³/mol. The van der Waals surface area contributed by atoms with E-state index < -0.39 is 40.3 Å². The van der Waals surface area contributed by atoms with E-state index >= 15 is 0 Å². The predicted octanol–water partition coefficient (Wildman–Crippen LogP) is 6.38. The van der Waals surface area contributed by atoms with Gasteiger partial charge in [0, 0.05) is 12.6 Å². The summed E-state index contributed by atoms with van der Waals surface area (Å²) >= 11 is 0. The first-order valence-electron chi connectivity index (χ1n) is 14.7. The molecule has 1 unspecified atom stereocenters. The summed E-state index contributed by atoms with van der Waals surface area (Å²) in [6.07, 6.45) is -0.808. The molecule has 0 aromatic heterocycles. The topological polar surface area (TPSA) is 86.8 Å². The van der Waals surface area contributed by atoms with Gasteiger partial charge >= 0.3 is 6.18 Å². The Morgan fingerprint density at radius 1 is 0.932 bits per heavy atom. The van der Waals surface area contributed by atoms with Crippen LogP contribution >= 0.6 is 0 Å². The van der Waals surface area contributed by atoms with Gasteiger partial charge < -0.3 is 10.2 Å². The van der Waals surface area contributed by atoms with Crippen molar-refractivity contribution in [2.24, 2.45) is 0 Å². The molecule has 1 N–H and O–H groups in total. The lowest BCUT2D eigenvalue weighted by Gasteiger charge is -2.34. The summed E-state index contributed by atoms with van der Waals surface area (Å²) in [6, 6.07) is 16.2. The third kappa shape index (κ3) is 7.99. The summed E-state index contributed by atoms with van der Waals surface area (Å²) in [5.41, 5.74) is 1.09. The number of nitrogens with one attached hydrogen (secondary N) is 1. The molecule has 0 spiro atoms. The standard InChI is InChI=1S/C33H38F3N3O4S/c1-4-30(32(41)37-27-12-5-6-13-27)38(21-25-10-7-9-24(3)19-25)31(40)22-39(28-14-8-11-26(20-28)33(34,35)36)44(42,43)29-17-15-23(2)16-18-29/h7-11,14-20,27,30H,4-6,12-13,21-22H2,1-3H3,(H,37,41). The number of benzene rings is 3. The normalized spacial score (nSPS) is 14.7. The number of nitrogens with zero attached hydrogens (tertiary/aromatic N) is 2. The zero-order valence-electron chi connectivity index (χ0n) is 25.1. The maximum Gasteiger partial charge on any atom is 0.416 e. The van der Waals surface area contributed by atoms with Gasteiger partial charge in [0.25, 0.3) is 10.0 Å². The van der Waals surface area contributed by atoms with Crippen LogP contribution in [0.3, 0.4) is 0 Å². The average Bonchev–Trinajstić information content (AvgIpc) is 3.48. The van der Waals surface area contributed by atoms with Crippen molar-refractivity contribution in [3.8, 4) is 0 Å². The van der Waals surface area contributed by atoms with E-state index in [4.69, 9.17) is 0 Å². The highest BCUT2D eigenvalue weighted by atomic mass is 32.2. The van der Waals surface area contributed by atoms with E-state index in [0.29, 0.717) is 10.4 Å². The molecule has 0 aliphatic heterocycles. The summed E-state index contributed by atoms with van der Waals surface area (Å²) in [4.78, 5) is 28.9. The number of carbonyl (C=O) groups is 2. The minimum atomic E-state index is -4.73. The zero-order chi connectivity index (χ0) is 32.1. The van der Waals surface area contributed by atoms with Crippen LogP contribution in [-0.4, -0.2) is 43.8 Å². The third-order valence-electron chi connectivity index (χ3n) is 7.87. The summed E-state index contributed by atoms with van der Waals surface area (Å²) in [7, 11) is -4.49. The fraction of sp³-hybridized carbons (Fsp3) is 0.394. The van der Waals surface area contributed by atoms with Gasteiger partial charge in [0.1, 0.15) is 12.6 Å². The van der Waals surface area contributed by atoms with Crippen molar-refractivity contribution in [1.82, 2.24) is 10.2 Å². The summed E-state index contributed by atoms with van der Waals surface area (Å²) < 4.78 is 69.7. The Labute approximate surface area is 257 Å². The molecule has 1 atom stereocenters. The molecule has 1 saturated carbocycles. The lowest BCUT2D eigenvalue weighted by molar-refractivity contribution is -0.140. The van der Waals surface area contributed by atoms with Crippen LogP contribution in [0.25, 0.3) is 0 Å². The molecule has 1 aliphatic carbocycles. The minimum Gasteiger partial charge on any atom is -0.352 e. The van der Waals surface area contributed by atoms with Gasteiger partial charge in [-0.15, -0.1) is 0 Å². The number of rotatable bonds is 11. The number of halogens is 3. The van der Waals surface area contributed by atoms with Crippen LogP contribution in [0.1, 0.15) is 61.3 Å². The van der Waals surface area contributed by atoms with Crippen LogP contribution in [0, 0.1) is 13.8 Å². The highest BCUT2D eigenvalue weighted by Crippen LogP contribution is 2.33. The van der Waals surface area contributed by atoms with Gasteiger partial charge in [-0.25, -0.2) is 8.42 Å². The molecule has 1 fully saturated rings. The maximum absolute atomic E-state index is 14.2. The van der Waals surface area contributed by atoms with Gasteiger partial charge in [-0.3, -0.25) is 13.9 Å². The van der Waals surface area contributed by atoms with Gasteiger partial charge in [0.2, 0.25) is 11.8 Å². The van der Waals surface area contributed by atoms with Crippen LogP contribution in [-0.2, 0) is 32.3 Å². The van der Waals surface area contributed by atoms with Crippen molar-refractivity contribution in [2.75, 3.05) is 10.8 Å². The molecule has 44 heavy (non-hydrogen) atoms. The number of amides is 2. The second-order valence-corrected chi connectivity index (χ2v) is 13.2. The fourth-order valence-electron chi connectivity index (χ4n) is 5.50. The molecule has 0 radical (unpaired) electrons. The van der Waals surface area contributed by atoms with Crippen molar-refractivity contribution in [1.29, 1.82) is 0 Å². The van der Waals surface area contributed by atoms with Crippen LogP contribution in [0.15, 0.2) is 77.7 Å². The highest BCUT2D eigenvalue weighted by molar-refractivity contribution is 7.92. The molecule has 0 saturated heterocycles. The minimum absolute atomic E-state index is 0.00371. The number of hydrogen-bond donors (Lipinski definition) is 1. The van der Waals surface area contributed by atoms with Crippen molar-refractivity contribution in [3.05, 3.63) is 95.1 Å². The highest BCUT2D eigenvalue weighted by Gasteiger charge is 2.36. The molecular weight excluding hydrogens is 591 g/mol. The van der Waals surface area contributed by atoms with Crippen molar-refractivity contribution in [3.63, 3.8) is 0 Å². The molecule has 0 bridgehead atoms. The number of carbonyl (C=O) groups excluding carboxylic acids is 2. The molecule has 7 nitrogen and oxygen atoms in total. The van der Waals surface area contributed by atoms with Gasteiger partial charge in [0.05, 0.1) is 16.1 Å². The second-order valence-electron chi connectivity index (χ2n) is 11.3. The summed E-state index contributed by atoms with van der Waals surface area (Å²) in [5.74, 6) is -1.06. The molecule has 236 valence electrons. The van der Waals surface area contributed by atoms with E-state index in [2.05, 4.69) is 5.32 Å². The van der Waals surface area contributed by atoms with Crippen LogP contribution in [0.5, 0.6) is 0 Å². The van der Waals surface area contributed by atoms with E-state index in [1.165, 1.54) is 23.1 Å². The first kappa shape index (κ1) is 33.0. The Kier molecular flexibility index (Phi) is 10.4. The van der Waals surface area contributed by atoms with E-state index in [1.807, 2.05) is 31.2 Å². The third-order valence-corrected chi connectivity index (χ3v) is 9.66. The van der Waals surface area contributed by atoms with Gasteiger partial charge in [0.15, 0.2) is 0 Å². The van der Waals surface area contributed by atoms with E-state index in [1.54, 1.807) is 26.0 Å². The Hall–Kier alpha value is -3.86. The lowest BCUT2D eigenvalue weighted by atomic mass is 10.1. The van der Waals surface area contributed by atoms with Crippen molar-refractivity contribution < 1.29 is 31.2 Å². The van der Waals surface area contributed by atoms with Crippen LogP contribution < -0.4 is 9.62 Å². The monoisotopic (exact) mass is 629 g/mol. The van der Waals surface area contributed by atoms with Gasteiger partial charge in [-0.1, -0.05) is 73.4 Å². The second kappa shape index (κ2) is 13.8. The summed E-state index contributed by atoms with van der Waals surface area (Å²) in [6.45, 7) is 4.64. The van der Waals surface area contributed by atoms with E-state index in [-0.39, 0.29) is 35.5 Å². The van der Waals surface area contributed by atoms with Crippen LogP contribution in [0.4, 0.5) is 18.9 Å². The first-order chi connectivity index (χ1) is 20.8. The molecular formula is C33H38F3N3O4S. The molecule has 4 rings (SSSR count). The first-order valence-corrected chi connectivity index (χ1v) is 16.2. The number of sulfonamides is 1. The summed E-state index contributed by atoms with van der Waals surface area (Å²) in [5, 5.41) is 3.04. The fourth-order valence-corrected chi connectivity index (χ4v) is 6.90.